The third kappa shape index (κ3) is 8.32. The van der Waals surface area contributed by atoms with E-state index in [0.717, 1.165) is 49.6 Å². The van der Waals surface area contributed by atoms with E-state index >= 15 is 0 Å². The number of carbonyl (C=O) groups excluding carboxylic acids is 1. The Morgan fingerprint density at radius 2 is 1.67 bits per heavy atom. The Hall–Kier alpha value is -3.70. The van der Waals surface area contributed by atoms with Crippen molar-refractivity contribution in [3.8, 4) is 22.8 Å². The Kier molecular flexibility index (Phi) is 10.8. The molecular formula is C36H38LiN3O4S. The number of benzene rings is 2. The molecule has 0 N–H and O–H groups in total. The second-order valence-electron chi connectivity index (χ2n) is 12.5. The number of ether oxygens (including phenoxy) is 2. The zero-order valence-electron chi connectivity index (χ0n) is 27.1. The van der Waals surface area contributed by atoms with Crippen molar-refractivity contribution in [1.82, 2.24) is 14.5 Å². The summed E-state index contributed by atoms with van der Waals surface area (Å²) in [6, 6.07) is 24.1. The SMILES string of the molecule is COc1ccc(-c2ccc(Cn3c(CC(C)(C)C(=O)[O-])c(SC(C)(C)C)c4cc(OCc5ccccn5)ccc43)cc2)cn1.[Li+]. The van der Waals surface area contributed by atoms with Crippen LogP contribution in [0.15, 0.2) is 90.1 Å². The predicted octanol–water partition coefficient (Wildman–Crippen LogP) is 3.95. The number of methoxy groups -OCH3 is 1. The zero-order valence-corrected chi connectivity index (χ0v) is 27.9. The van der Waals surface area contributed by atoms with Gasteiger partial charge in [-0.15, -0.1) is 11.8 Å². The number of aliphatic carboxylic acids is 1. The van der Waals surface area contributed by atoms with Crippen molar-refractivity contribution in [2.24, 2.45) is 5.41 Å². The Labute approximate surface area is 281 Å². The summed E-state index contributed by atoms with van der Waals surface area (Å²) >= 11 is 1.75. The van der Waals surface area contributed by atoms with Crippen LogP contribution in [0.25, 0.3) is 22.0 Å². The van der Waals surface area contributed by atoms with E-state index in [2.05, 4.69) is 71.7 Å². The Balaban J connectivity index is 0.00000461. The number of nitrogens with zero attached hydrogens (tertiary/aromatic N) is 3. The molecule has 9 heteroatoms. The van der Waals surface area contributed by atoms with Gasteiger partial charge in [0.15, 0.2) is 0 Å². The van der Waals surface area contributed by atoms with E-state index in [4.69, 9.17) is 9.47 Å². The predicted molar refractivity (Wildman–Crippen MR) is 174 cm³/mol. The summed E-state index contributed by atoms with van der Waals surface area (Å²) in [5.74, 6) is 0.239. The van der Waals surface area contributed by atoms with Crippen molar-refractivity contribution < 1.29 is 38.2 Å². The number of pyridine rings is 2. The molecule has 0 aliphatic rings. The largest absolute Gasteiger partial charge is 1.00 e. The average Bonchev–Trinajstić information content (AvgIpc) is 3.26. The van der Waals surface area contributed by atoms with Gasteiger partial charge in [0, 0.05) is 68.2 Å². The Bertz CT molecular complexity index is 1750. The molecule has 0 atom stereocenters. The number of fused-ring (bicyclic) bond motifs is 1. The second-order valence-corrected chi connectivity index (χ2v) is 14.3. The van der Waals surface area contributed by atoms with Crippen molar-refractivity contribution in [3.05, 3.63) is 102 Å². The maximum absolute atomic E-state index is 12.2. The molecule has 0 saturated carbocycles. The van der Waals surface area contributed by atoms with E-state index in [1.807, 2.05) is 36.4 Å². The minimum absolute atomic E-state index is 0. The fraction of sp³-hybridized carbons (Fsp3) is 0.306. The van der Waals surface area contributed by atoms with Gasteiger partial charge in [0.25, 0.3) is 0 Å². The summed E-state index contributed by atoms with van der Waals surface area (Å²) < 4.78 is 13.5. The van der Waals surface area contributed by atoms with Gasteiger partial charge in [-0.3, -0.25) is 4.98 Å². The molecule has 5 rings (SSSR count). The summed E-state index contributed by atoms with van der Waals surface area (Å²) in [6.07, 6.45) is 3.88. The van der Waals surface area contributed by atoms with Gasteiger partial charge in [-0.2, -0.15) is 0 Å². The van der Waals surface area contributed by atoms with Crippen LogP contribution in [0.3, 0.4) is 0 Å². The molecule has 0 spiro atoms. The monoisotopic (exact) mass is 615 g/mol. The van der Waals surface area contributed by atoms with Gasteiger partial charge < -0.3 is 23.9 Å². The van der Waals surface area contributed by atoms with Crippen molar-refractivity contribution in [2.75, 3.05) is 7.11 Å². The number of hydrogen-bond donors (Lipinski definition) is 0. The van der Waals surface area contributed by atoms with E-state index in [1.165, 1.54) is 0 Å². The Morgan fingerprint density at radius 3 is 2.27 bits per heavy atom. The summed E-state index contributed by atoms with van der Waals surface area (Å²) in [4.78, 5) is 22.0. The molecule has 0 fully saturated rings. The van der Waals surface area contributed by atoms with E-state index in [0.29, 0.717) is 25.5 Å². The molecule has 0 saturated heterocycles. The van der Waals surface area contributed by atoms with Gasteiger partial charge >= 0.3 is 18.9 Å². The molecular weight excluding hydrogens is 577 g/mol. The molecule has 228 valence electrons. The number of carboxylic acid groups (broad SMARTS) is 1. The van der Waals surface area contributed by atoms with Crippen molar-refractivity contribution in [3.63, 3.8) is 0 Å². The first-order valence-electron chi connectivity index (χ1n) is 14.6. The molecule has 0 aliphatic heterocycles. The third-order valence-electron chi connectivity index (χ3n) is 7.35. The summed E-state index contributed by atoms with van der Waals surface area (Å²) in [5, 5.41) is 13.3. The molecule has 0 aliphatic carbocycles. The smallest absolute Gasteiger partial charge is 0.550 e. The maximum Gasteiger partial charge on any atom is 1.00 e. The molecule has 2 aromatic carbocycles. The maximum atomic E-state index is 12.2. The summed E-state index contributed by atoms with van der Waals surface area (Å²) in [5.41, 5.74) is 4.93. The third-order valence-corrected chi connectivity index (χ3v) is 8.62. The van der Waals surface area contributed by atoms with Crippen LogP contribution in [-0.2, 0) is 24.4 Å². The van der Waals surface area contributed by atoms with Crippen LogP contribution in [0.5, 0.6) is 11.6 Å². The van der Waals surface area contributed by atoms with Gasteiger partial charge in [0.05, 0.1) is 12.8 Å². The van der Waals surface area contributed by atoms with Crippen LogP contribution in [0, 0.1) is 5.41 Å². The zero-order chi connectivity index (χ0) is 31.5. The molecule has 3 heterocycles. The molecule has 7 nitrogen and oxygen atoms in total. The van der Waals surface area contributed by atoms with Crippen molar-refractivity contribution >= 4 is 28.6 Å². The molecule has 0 amide bonds. The summed E-state index contributed by atoms with van der Waals surface area (Å²) in [6.45, 7) is 10.9. The van der Waals surface area contributed by atoms with E-state index in [-0.39, 0.29) is 23.6 Å². The molecule has 0 radical (unpaired) electrons. The molecule has 5 aromatic rings. The van der Waals surface area contributed by atoms with Gasteiger partial charge in [-0.25, -0.2) is 4.98 Å². The van der Waals surface area contributed by atoms with Gasteiger partial charge in [0.2, 0.25) is 5.88 Å². The molecule has 0 bridgehead atoms. The average molecular weight is 616 g/mol. The molecule has 3 aromatic heterocycles. The van der Waals surface area contributed by atoms with Crippen LogP contribution in [0.1, 0.15) is 51.6 Å². The van der Waals surface area contributed by atoms with E-state index in [1.54, 1.807) is 45.1 Å². The quantitative estimate of drug-likeness (QED) is 0.164. The number of carbonyl (C=O) groups is 1. The van der Waals surface area contributed by atoms with Crippen LogP contribution in [0.4, 0.5) is 0 Å². The van der Waals surface area contributed by atoms with Crippen LogP contribution in [-0.4, -0.2) is 32.4 Å². The topological polar surface area (TPSA) is 89.3 Å². The molecule has 45 heavy (non-hydrogen) atoms. The first kappa shape index (κ1) is 34.2. The van der Waals surface area contributed by atoms with Gasteiger partial charge in [-0.1, -0.05) is 65.0 Å². The first-order chi connectivity index (χ1) is 20.9. The van der Waals surface area contributed by atoms with Crippen molar-refractivity contribution in [1.29, 1.82) is 0 Å². The fourth-order valence-corrected chi connectivity index (χ4v) is 6.20. The fourth-order valence-electron chi connectivity index (χ4n) is 5.01. The van der Waals surface area contributed by atoms with Gasteiger partial charge in [0.1, 0.15) is 12.4 Å². The minimum Gasteiger partial charge on any atom is -0.550 e. The van der Waals surface area contributed by atoms with E-state index < -0.39 is 11.4 Å². The van der Waals surface area contributed by atoms with Crippen LogP contribution < -0.4 is 33.4 Å². The van der Waals surface area contributed by atoms with Crippen LogP contribution >= 0.6 is 11.8 Å². The number of hydrogen-bond acceptors (Lipinski definition) is 7. The van der Waals surface area contributed by atoms with Crippen LogP contribution in [0.2, 0.25) is 0 Å². The second kappa shape index (κ2) is 14.2. The number of aromatic nitrogens is 3. The molecule has 0 unspecified atom stereocenters. The normalized spacial score (nSPS) is 11.7. The Morgan fingerprint density at radius 1 is 0.933 bits per heavy atom. The number of rotatable bonds is 11. The van der Waals surface area contributed by atoms with E-state index in [9.17, 15) is 9.90 Å². The number of thioether (sulfide) groups is 1. The van der Waals surface area contributed by atoms with Crippen molar-refractivity contribution in [2.45, 2.75) is 63.8 Å². The minimum atomic E-state index is -1.07. The summed E-state index contributed by atoms with van der Waals surface area (Å²) in [7, 11) is 1.60. The number of carboxylic acids is 1. The standard InChI is InChI=1S/C36H39N3O4S.Li/c1-35(2,3)44-33-29-19-28(43-23-27-9-7-8-18-37-27)15-16-30(29)39(31(33)20-36(4,5)34(40)41)22-24-10-12-25(13-11-24)26-14-17-32(42-6)38-21-26;/h7-19,21H,20,22-23H2,1-6H3,(H,40,41);/q;+1/p-1. The van der Waals surface area contributed by atoms with Gasteiger partial charge in [-0.05, 0) is 53.9 Å². The first-order valence-corrected chi connectivity index (χ1v) is 15.4.